The first-order valence-electron chi connectivity index (χ1n) is 6.69. The third-order valence-corrected chi connectivity index (χ3v) is 3.24. The van der Waals surface area contributed by atoms with Crippen molar-refractivity contribution in [3.8, 4) is 0 Å². The lowest BCUT2D eigenvalue weighted by Gasteiger charge is -2.04. The number of nitrogens with two attached hydrogens (primary N) is 1. The zero-order valence-corrected chi connectivity index (χ0v) is 12.0. The van der Waals surface area contributed by atoms with E-state index in [4.69, 9.17) is 15.3 Å². The van der Waals surface area contributed by atoms with Crippen LogP contribution in [0.25, 0.3) is 10.9 Å². The number of hydrogen-bond acceptors (Lipinski definition) is 4. The molecule has 1 aromatic heterocycles. The Morgan fingerprint density at radius 2 is 2.10 bits per heavy atom. The molecule has 2 N–H and O–H groups in total. The maximum atomic E-state index is 5.77. The maximum Gasteiger partial charge on any atom is 0.106 e. The Labute approximate surface area is 119 Å². The summed E-state index contributed by atoms with van der Waals surface area (Å²) < 4.78 is 7.33. The van der Waals surface area contributed by atoms with Gasteiger partial charge >= 0.3 is 0 Å². The molecule has 0 amide bonds. The third kappa shape index (κ3) is 3.00. The minimum absolute atomic E-state index is 0.347. The van der Waals surface area contributed by atoms with E-state index < -0.39 is 0 Å². The van der Waals surface area contributed by atoms with Gasteiger partial charge in [0.15, 0.2) is 0 Å². The van der Waals surface area contributed by atoms with Crippen LogP contribution in [0.15, 0.2) is 35.6 Å². The highest BCUT2D eigenvalue weighted by molar-refractivity contribution is 6.11. The molecule has 20 heavy (non-hydrogen) atoms. The predicted molar refractivity (Wildman–Crippen MR) is 81.0 cm³/mol. The van der Waals surface area contributed by atoms with Crippen LogP contribution in [0.4, 0.5) is 0 Å². The van der Waals surface area contributed by atoms with Gasteiger partial charge in [-0.2, -0.15) is 0 Å². The van der Waals surface area contributed by atoms with Crippen LogP contribution in [0.5, 0.6) is 0 Å². The smallest absolute Gasteiger partial charge is 0.106 e. The van der Waals surface area contributed by atoms with Crippen LogP contribution in [0.3, 0.4) is 0 Å². The van der Waals surface area contributed by atoms with Crippen molar-refractivity contribution >= 4 is 16.6 Å². The van der Waals surface area contributed by atoms with E-state index in [1.807, 2.05) is 12.1 Å². The summed E-state index contributed by atoms with van der Waals surface area (Å²) >= 11 is 0. The van der Waals surface area contributed by atoms with Crippen LogP contribution in [-0.4, -0.2) is 37.7 Å². The van der Waals surface area contributed by atoms with Crippen molar-refractivity contribution in [2.24, 2.45) is 10.9 Å². The second-order valence-corrected chi connectivity index (χ2v) is 4.52. The van der Waals surface area contributed by atoms with E-state index in [9.17, 15) is 0 Å². The molecule has 0 unspecified atom stereocenters. The van der Waals surface area contributed by atoms with Crippen LogP contribution < -0.4 is 5.73 Å². The monoisotopic (exact) mass is 275 g/mol. The summed E-state index contributed by atoms with van der Waals surface area (Å²) in [5.74, 6) is 0. The van der Waals surface area contributed by atoms with Crippen molar-refractivity contribution < 1.29 is 9.57 Å². The molecule has 1 aromatic carbocycles. The zero-order valence-electron chi connectivity index (χ0n) is 12.0. The highest BCUT2D eigenvalue weighted by Gasteiger charge is 2.12. The van der Waals surface area contributed by atoms with Gasteiger partial charge in [-0.3, -0.25) is 0 Å². The lowest BCUT2D eigenvalue weighted by Crippen LogP contribution is -2.15. The van der Waals surface area contributed by atoms with Gasteiger partial charge in [-0.05, 0) is 12.5 Å². The number of oxime groups is 1. The van der Waals surface area contributed by atoms with Crippen molar-refractivity contribution in [1.29, 1.82) is 0 Å². The van der Waals surface area contributed by atoms with Gasteiger partial charge in [-0.15, -0.1) is 0 Å². The summed E-state index contributed by atoms with van der Waals surface area (Å²) in [7, 11) is 3.25. The first kappa shape index (κ1) is 14.6. The largest absolute Gasteiger partial charge is 0.399 e. The molecule has 0 aliphatic rings. The van der Waals surface area contributed by atoms with E-state index in [0.717, 1.165) is 36.2 Å². The number of fused-ring (bicyclic) bond motifs is 1. The molecule has 0 aliphatic heterocycles. The number of aryl methyl sites for hydroxylation is 1. The number of benzene rings is 1. The molecule has 0 atom stereocenters. The fraction of sp³-hybridized carbons (Fsp3) is 0.400. The molecule has 5 heteroatoms. The van der Waals surface area contributed by atoms with Crippen molar-refractivity contribution in [2.75, 3.05) is 27.4 Å². The molecule has 0 saturated carbocycles. The quantitative estimate of drug-likeness (QED) is 0.477. The second-order valence-electron chi connectivity index (χ2n) is 4.52. The molecule has 0 spiro atoms. The number of nitrogens with zero attached hydrogens (tertiary/aromatic N) is 2. The zero-order chi connectivity index (χ0) is 14.4. The van der Waals surface area contributed by atoms with E-state index in [1.165, 1.54) is 12.6 Å². The minimum atomic E-state index is 0.347. The minimum Gasteiger partial charge on any atom is -0.399 e. The topological polar surface area (TPSA) is 61.8 Å². The average molecular weight is 275 g/mol. The number of aromatic nitrogens is 1. The molecular weight excluding hydrogens is 254 g/mol. The molecule has 0 saturated heterocycles. The van der Waals surface area contributed by atoms with E-state index in [-0.39, 0.29) is 0 Å². The standard InChI is InChI=1S/C15H21N3O2/c1-19-9-5-8-18-11-13(14(10-16)17-20-2)12-6-3-4-7-15(12)18/h3-4,6-7,11H,5,8-10,16H2,1-2H3. The fourth-order valence-electron chi connectivity index (χ4n) is 2.35. The lowest BCUT2D eigenvalue weighted by molar-refractivity contribution is 0.190. The number of ether oxygens (including phenoxy) is 1. The number of rotatable bonds is 7. The van der Waals surface area contributed by atoms with Gasteiger partial charge in [0, 0.05) is 49.5 Å². The number of para-hydroxylation sites is 1. The van der Waals surface area contributed by atoms with Gasteiger partial charge in [0.05, 0.1) is 0 Å². The molecular formula is C15H21N3O2. The van der Waals surface area contributed by atoms with Crippen molar-refractivity contribution in [3.63, 3.8) is 0 Å². The fourth-order valence-corrected chi connectivity index (χ4v) is 2.35. The van der Waals surface area contributed by atoms with E-state index in [2.05, 4.69) is 28.1 Å². The Balaban J connectivity index is 2.42. The summed E-state index contributed by atoms with van der Waals surface area (Å²) in [5, 5.41) is 5.17. The highest BCUT2D eigenvalue weighted by atomic mass is 16.6. The van der Waals surface area contributed by atoms with E-state index >= 15 is 0 Å². The molecule has 1 heterocycles. The molecule has 0 bridgehead atoms. The molecule has 0 aliphatic carbocycles. The van der Waals surface area contributed by atoms with Crippen molar-refractivity contribution in [2.45, 2.75) is 13.0 Å². The summed E-state index contributed by atoms with van der Waals surface area (Å²) in [6.45, 7) is 2.00. The van der Waals surface area contributed by atoms with E-state index in [1.54, 1.807) is 7.11 Å². The Hall–Kier alpha value is -1.85. The summed E-state index contributed by atoms with van der Waals surface area (Å²) in [5.41, 5.74) is 8.74. The molecule has 0 fully saturated rings. The number of hydrogen-bond donors (Lipinski definition) is 1. The first-order chi connectivity index (χ1) is 9.81. The first-order valence-corrected chi connectivity index (χ1v) is 6.69. The van der Waals surface area contributed by atoms with Gasteiger partial charge < -0.3 is 19.9 Å². The molecule has 2 rings (SSSR count). The lowest BCUT2D eigenvalue weighted by atomic mass is 10.1. The Morgan fingerprint density at radius 1 is 1.30 bits per heavy atom. The summed E-state index contributed by atoms with van der Waals surface area (Å²) in [4.78, 5) is 4.88. The molecule has 108 valence electrons. The van der Waals surface area contributed by atoms with Crippen molar-refractivity contribution in [3.05, 3.63) is 36.0 Å². The highest BCUT2D eigenvalue weighted by Crippen LogP contribution is 2.22. The third-order valence-electron chi connectivity index (χ3n) is 3.24. The van der Waals surface area contributed by atoms with Gasteiger partial charge in [0.25, 0.3) is 0 Å². The van der Waals surface area contributed by atoms with Gasteiger partial charge in [-0.1, -0.05) is 23.4 Å². The molecule has 2 aromatic rings. The second kappa shape index (κ2) is 7.07. The van der Waals surface area contributed by atoms with Crippen LogP contribution in [-0.2, 0) is 16.1 Å². The van der Waals surface area contributed by atoms with Crippen LogP contribution >= 0.6 is 0 Å². The summed E-state index contributed by atoms with van der Waals surface area (Å²) in [6, 6.07) is 8.24. The van der Waals surface area contributed by atoms with Gasteiger partial charge in [0.1, 0.15) is 12.8 Å². The van der Waals surface area contributed by atoms with Gasteiger partial charge in [-0.25, -0.2) is 0 Å². The Morgan fingerprint density at radius 3 is 2.80 bits per heavy atom. The van der Waals surface area contributed by atoms with Gasteiger partial charge in [0.2, 0.25) is 0 Å². The van der Waals surface area contributed by atoms with Crippen LogP contribution in [0, 0.1) is 0 Å². The molecule has 5 nitrogen and oxygen atoms in total. The number of methoxy groups -OCH3 is 1. The van der Waals surface area contributed by atoms with Crippen molar-refractivity contribution in [1.82, 2.24) is 4.57 Å². The Kier molecular flexibility index (Phi) is 5.15. The predicted octanol–water partition coefficient (Wildman–Crippen LogP) is 1.99. The average Bonchev–Trinajstić information content (AvgIpc) is 2.84. The van der Waals surface area contributed by atoms with E-state index in [0.29, 0.717) is 6.54 Å². The van der Waals surface area contributed by atoms with Crippen LogP contribution in [0.1, 0.15) is 12.0 Å². The maximum absolute atomic E-state index is 5.77. The SMILES string of the molecule is COCCCn1cc(C(CN)=NOC)c2ccccc21. The normalized spacial score (nSPS) is 12.1. The molecule has 0 radical (unpaired) electrons. The Bertz CT molecular complexity index is 590. The van der Waals surface area contributed by atoms with Crippen LogP contribution in [0.2, 0.25) is 0 Å². The summed E-state index contributed by atoms with van der Waals surface area (Å²) in [6.07, 6.45) is 3.05.